The largest absolute Gasteiger partial charge is 0.324 e. The van der Waals surface area contributed by atoms with E-state index in [1.165, 1.54) is 0 Å². The van der Waals surface area contributed by atoms with Gasteiger partial charge in [-0.15, -0.1) is 11.8 Å². The maximum atomic E-state index is 12.3. The predicted molar refractivity (Wildman–Crippen MR) is 106 cm³/mol. The number of amides is 1. The number of anilines is 1. The van der Waals surface area contributed by atoms with Crippen LogP contribution < -0.4 is 10.9 Å². The van der Waals surface area contributed by atoms with Crippen LogP contribution in [0.25, 0.3) is 10.9 Å². The number of likely N-dealkylation sites (N-methyl/N-ethyl adjacent to an activating group) is 1. The van der Waals surface area contributed by atoms with Gasteiger partial charge in [-0.2, -0.15) is 0 Å². The van der Waals surface area contributed by atoms with Gasteiger partial charge in [-0.25, -0.2) is 4.98 Å². The van der Waals surface area contributed by atoms with Crippen molar-refractivity contribution >= 4 is 34.3 Å². The maximum Gasteiger partial charge on any atom is 0.258 e. The number of H-pyrrole nitrogens is 1. The summed E-state index contributed by atoms with van der Waals surface area (Å²) >= 11 is 1.58. The van der Waals surface area contributed by atoms with Crippen molar-refractivity contribution in [2.45, 2.75) is 11.4 Å². The summed E-state index contributed by atoms with van der Waals surface area (Å²) in [5.41, 5.74) is 1.28. The molecule has 0 atom stereocenters. The number of carbonyl (C=O) groups excluding carboxylic acids is 1. The fraction of sp³-hybridized carbons (Fsp3) is 0.211. The fourth-order valence-electron chi connectivity index (χ4n) is 2.70. The second kappa shape index (κ2) is 8.16. The molecule has 0 radical (unpaired) electrons. The summed E-state index contributed by atoms with van der Waals surface area (Å²) in [5, 5.41) is 3.49. The molecule has 0 fully saturated rings. The van der Waals surface area contributed by atoms with Crippen LogP contribution in [0.3, 0.4) is 0 Å². The van der Waals surface area contributed by atoms with Crippen LogP contribution in [0.5, 0.6) is 0 Å². The number of fused-ring (bicyclic) bond motifs is 1. The number of hydrogen-bond acceptors (Lipinski definition) is 5. The molecular formula is C19H20N4O2S. The van der Waals surface area contributed by atoms with Gasteiger partial charge in [0, 0.05) is 4.90 Å². The zero-order valence-electron chi connectivity index (χ0n) is 14.7. The number of aromatic nitrogens is 2. The minimum Gasteiger partial charge on any atom is -0.324 e. The Morgan fingerprint density at radius 3 is 2.73 bits per heavy atom. The second-order valence-corrected chi connectivity index (χ2v) is 6.80. The molecular weight excluding hydrogens is 348 g/mol. The van der Waals surface area contributed by atoms with Gasteiger partial charge in [0.2, 0.25) is 5.91 Å². The minimum atomic E-state index is -0.169. The van der Waals surface area contributed by atoms with Crippen LogP contribution >= 0.6 is 11.8 Å². The van der Waals surface area contributed by atoms with E-state index in [1.54, 1.807) is 23.9 Å². The Morgan fingerprint density at radius 2 is 1.92 bits per heavy atom. The van der Waals surface area contributed by atoms with Gasteiger partial charge in [-0.1, -0.05) is 24.3 Å². The van der Waals surface area contributed by atoms with Crippen LogP contribution in [0, 0.1) is 0 Å². The van der Waals surface area contributed by atoms with E-state index in [0.717, 1.165) is 10.6 Å². The highest BCUT2D eigenvalue weighted by Crippen LogP contribution is 2.24. The maximum absolute atomic E-state index is 12.3. The molecule has 6 nitrogen and oxygen atoms in total. The van der Waals surface area contributed by atoms with Crippen molar-refractivity contribution in [1.29, 1.82) is 0 Å². The van der Waals surface area contributed by atoms with Crippen LogP contribution in [-0.2, 0) is 11.3 Å². The number of thioether (sulfide) groups is 1. The molecule has 2 N–H and O–H groups in total. The summed E-state index contributed by atoms with van der Waals surface area (Å²) in [5.74, 6) is 0.422. The number of carbonyl (C=O) groups is 1. The van der Waals surface area contributed by atoms with E-state index in [4.69, 9.17) is 0 Å². The van der Waals surface area contributed by atoms with E-state index in [9.17, 15) is 9.59 Å². The number of rotatable bonds is 6. The zero-order chi connectivity index (χ0) is 18.5. The van der Waals surface area contributed by atoms with Crippen LogP contribution in [0.4, 0.5) is 5.69 Å². The molecule has 7 heteroatoms. The molecule has 134 valence electrons. The third kappa shape index (κ3) is 4.30. The molecule has 0 aliphatic carbocycles. The second-order valence-electron chi connectivity index (χ2n) is 5.95. The van der Waals surface area contributed by atoms with Crippen LogP contribution in [0.1, 0.15) is 5.82 Å². The lowest BCUT2D eigenvalue weighted by Crippen LogP contribution is -2.31. The van der Waals surface area contributed by atoms with Crippen molar-refractivity contribution in [2.75, 3.05) is 25.2 Å². The molecule has 2 aromatic carbocycles. The quantitative estimate of drug-likeness (QED) is 0.654. The lowest BCUT2D eigenvalue weighted by atomic mass is 10.2. The highest BCUT2D eigenvalue weighted by Gasteiger charge is 2.11. The molecule has 0 aliphatic rings. The molecule has 1 amide bonds. The Balaban J connectivity index is 1.66. The van der Waals surface area contributed by atoms with E-state index < -0.39 is 0 Å². The van der Waals surface area contributed by atoms with Crippen LogP contribution in [-0.4, -0.2) is 40.6 Å². The van der Waals surface area contributed by atoms with Gasteiger partial charge in [0.1, 0.15) is 5.82 Å². The lowest BCUT2D eigenvalue weighted by Gasteiger charge is -2.16. The van der Waals surface area contributed by atoms with Gasteiger partial charge in [0.05, 0.1) is 29.7 Å². The average molecular weight is 368 g/mol. The van der Waals surface area contributed by atoms with Gasteiger partial charge in [0.15, 0.2) is 0 Å². The third-order valence-corrected chi connectivity index (χ3v) is 4.67. The molecule has 26 heavy (non-hydrogen) atoms. The topological polar surface area (TPSA) is 78.1 Å². The standard InChI is InChI=1S/C19H20N4O2S/c1-23(12-18(24)21-15-9-5-6-10-16(15)26-2)11-17-20-14-8-4-3-7-13(14)19(25)22-17/h3-10H,11-12H2,1-2H3,(H,21,24)(H,20,22,25). The first-order valence-electron chi connectivity index (χ1n) is 8.16. The monoisotopic (exact) mass is 368 g/mol. The number of hydrogen-bond donors (Lipinski definition) is 2. The number of nitrogens with one attached hydrogen (secondary N) is 2. The number of nitrogens with zero attached hydrogens (tertiary/aromatic N) is 2. The normalized spacial score (nSPS) is 11.0. The summed E-state index contributed by atoms with van der Waals surface area (Å²) in [6.07, 6.45) is 1.97. The molecule has 1 aromatic heterocycles. The summed E-state index contributed by atoms with van der Waals surface area (Å²) < 4.78 is 0. The van der Waals surface area contributed by atoms with E-state index in [0.29, 0.717) is 23.3 Å². The van der Waals surface area contributed by atoms with Crippen molar-refractivity contribution in [2.24, 2.45) is 0 Å². The molecule has 0 saturated carbocycles. The van der Waals surface area contributed by atoms with E-state index >= 15 is 0 Å². The van der Waals surface area contributed by atoms with E-state index in [1.807, 2.05) is 54.6 Å². The highest BCUT2D eigenvalue weighted by molar-refractivity contribution is 7.98. The summed E-state index contributed by atoms with van der Waals surface area (Å²) in [6.45, 7) is 0.566. The predicted octanol–water partition coefficient (Wildman–Crippen LogP) is 2.72. The van der Waals surface area contributed by atoms with E-state index in [-0.39, 0.29) is 18.0 Å². The van der Waals surface area contributed by atoms with Crippen molar-refractivity contribution in [1.82, 2.24) is 14.9 Å². The summed E-state index contributed by atoms with van der Waals surface area (Å²) in [6, 6.07) is 14.9. The highest BCUT2D eigenvalue weighted by atomic mass is 32.2. The van der Waals surface area contributed by atoms with Crippen LogP contribution in [0.15, 0.2) is 58.2 Å². The van der Waals surface area contributed by atoms with Gasteiger partial charge >= 0.3 is 0 Å². The number of benzene rings is 2. The Labute approximate surface area is 155 Å². The first-order valence-corrected chi connectivity index (χ1v) is 9.38. The third-order valence-electron chi connectivity index (χ3n) is 3.88. The Morgan fingerprint density at radius 1 is 1.19 bits per heavy atom. The van der Waals surface area contributed by atoms with Gasteiger partial charge < -0.3 is 10.3 Å². The SMILES string of the molecule is CSc1ccccc1NC(=O)CN(C)Cc1nc2ccccc2c(=O)[nH]1. The van der Waals surface area contributed by atoms with Crippen molar-refractivity contribution in [3.63, 3.8) is 0 Å². The van der Waals surface area contributed by atoms with Gasteiger partial charge in [0.25, 0.3) is 5.56 Å². The summed E-state index contributed by atoms with van der Waals surface area (Å²) in [4.78, 5) is 34.5. The van der Waals surface area contributed by atoms with Gasteiger partial charge in [-0.05, 0) is 37.6 Å². The van der Waals surface area contributed by atoms with Gasteiger partial charge in [-0.3, -0.25) is 14.5 Å². The first kappa shape index (κ1) is 18.2. The Bertz CT molecular complexity index is 986. The van der Waals surface area contributed by atoms with Crippen molar-refractivity contribution < 1.29 is 4.79 Å². The Hall–Kier alpha value is -2.64. The molecule has 1 heterocycles. The molecule has 0 unspecified atom stereocenters. The van der Waals surface area contributed by atoms with Crippen molar-refractivity contribution in [3.05, 3.63) is 64.7 Å². The number of para-hydroxylation sites is 2. The summed E-state index contributed by atoms with van der Waals surface area (Å²) in [7, 11) is 1.81. The average Bonchev–Trinajstić information content (AvgIpc) is 2.62. The fourth-order valence-corrected chi connectivity index (χ4v) is 3.26. The van der Waals surface area contributed by atoms with E-state index in [2.05, 4.69) is 15.3 Å². The molecule has 0 spiro atoms. The molecule has 0 saturated heterocycles. The smallest absolute Gasteiger partial charge is 0.258 e. The zero-order valence-corrected chi connectivity index (χ0v) is 15.5. The molecule has 0 bridgehead atoms. The lowest BCUT2D eigenvalue weighted by molar-refractivity contribution is -0.117. The molecule has 0 aliphatic heterocycles. The minimum absolute atomic E-state index is 0.114. The molecule has 3 rings (SSSR count). The first-order chi connectivity index (χ1) is 12.6. The van der Waals surface area contributed by atoms with Crippen LogP contribution in [0.2, 0.25) is 0 Å². The van der Waals surface area contributed by atoms with Crippen molar-refractivity contribution in [3.8, 4) is 0 Å². The number of aromatic amines is 1. The Kier molecular flexibility index (Phi) is 5.70. The molecule has 3 aromatic rings.